The Bertz CT molecular complexity index is 1110. The molecule has 0 bridgehead atoms. The molecular weight excluding hydrogens is 499 g/mol. The molecule has 2 aromatic carbocycles. The first-order chi connectivity index (χ1) is 18.5. The van der Waals surface area contributed by atoms with Crippen LogP contribution in [0.5, 0.6) is 5.75 Å². The third-order valence-electron chi connectivity index (χ3n) is 7.20. The second-order valence-corrected chi connectivity index (χ2v) is 10.9. The minimum atomic E-state index is -0.419. The normalized spacial score (nSPS) is 15.7. The fourth-order valence-electron chi connectivity index (χ4n) is 4.26. The maximum absolute atomic E-state index is 12.3. The van der Waals surface area contributed by atoms with E-state index in [1.807, 2.05) is 71.0 Å². The maximum Gasteiger partial charge on any atom is 0.494 e. The van der Waals surface area contributed by atoms with Gasteiger partial charge in [-0.2, -0.15) is 0 Å². The summed E-state index contributed by atoms with van der Waals surface area (Å²) in [6.45, 7) is 10.9. The lowest BCUT2D eigenvalue weighted by molar-refractivity contribution is -0.146. The van der Waals surface area contributed by atoms with Gasteiger partial charge >= 0.3 is 19.1 Å². The van der Waals surface area contributed by atoms with Gasteiger partial charge in [0.2, 0.25) is 0 Å². The third-order valence-corrected chi connectivity index (χ3v) is 7.20. The van der Waals surface area contributed by atoms with Crippen LogP contribution in [-0.4, -0.2) is 44.5 Å². The van der Waals surface area contributed by atoms with E-state index in [0.29, 0.717) is 31.8 Å². The Morgan fingerprint density at radius 3 is 1.95 bits per heavy atom. The summed E-state index contributed by atoms with van der Waals surface area (Å²) in [4.78, 5) is 23.5. The predicted molar refractivity (Wildman–Crippen MR) is 149 cm³/mol. The van der Waals surface area contributed by atoms with Crippen molar-refractivity contribution in [2.45, 2.75) is 91.3 Å². The van der Waals surface area contributed by atoms with E-state index in [1.165, 1.54) is 7.11 Å². The predicted octanol–water partition coefficient (Wildman–Crippen LogP) is 4.80. The van der Waals surface area contributed by atoms with E-state index < -0.39 is 18.3 Å². The van der Waals surface area contributed by atoms with Gasteiger partial charge in [-0.15, -0.1) is 0 Å². The molecule has 0 unspecified atom stereocenters. The van der Waals surface area contributed by atoms with Crippen LogP contribution in [-0.2, 0) is 52.9 Å². The van der Waals surface area contributed by atoms with E-state index >= 15 is 0 Å². The fourth-order valence-corrected chi connectivity index (χ4v) is 4.26. The summed E-state index contributed by atoms with van der Waals surface area (Å²) in [5.41, 5.74) is 3.82. The highest BCUT2D eigenvalue weighted by molar-refractivity contribution is 6.62. The summed E-state index contributed by atoms with van der Waals surface area (Å²) in [6, 6.07) is 12.0. The van der Waals surface area contributed by atoms with Gasteiger partial charge in [0.25, 0.3) is 0 Å². The first kappa shape index (κ1) is 30.7. The van der Waals surface area contributed by atoms with Gasteiger partial charge in [-0.25, -0.2) is 0 Å². The largest absolute Gasteiger partial charge is 0.494 e. The van der Waals surface area contributed by atoms with Crippen LogP contribution in [0, 0.1) is 6.92 Å². The Hall–Kier alpha value is -2.88. The monoisotopic (exact) mass is 540 g/mol. The van der Waals surface area contributed by atoms with Gasteiger partial charge in [0.1, 0.15) is 19.0 Å². The van der Waals surface area contributed by atoms with Crippen molar-refractivity contribution in [1.82, 2.24) is 0 Å². The summed E-state index contributed by atoms with van der Waals surface area (Å²) in [5, 5.41) is 0. The molecule has 1 fully saturated rings. The molecular formula is C30H41BO8. The lowest BCUT2D eigenvalue weighted by atomic mass is 9.79. The number of hydrogen-bond acceptors (Lipinski definition) is 8. The van der Waals surface area contributed by atoms with Crippen molar-refractivity contribution in [3.8, 4) is 5.75 Å². The van der Waals surface area contributed by atoms with Crippen molar-refractivity contribution in [3.05, 3.63) is 58.7 Å². The average molecular weight is 540 g/mol. The Morgan fingerprint density at radius 1 is 0.821 bits per heavy atom. The smallest absolute Gasteiger partial charge is 0.488 e. The molecule has 212 valence electrons. The van der Waals surface area contributed by atoms with Crippen LogP contribution >= 0.6 is 0 Å². The molecule has 1 saturated heterocycles. The van der Waals surface area contributed by atoms with Crippen LogP contribution in [0.15, 0.2) is 36.4 Å². The summed E-state index contributed by atoms with van der Waals surface area (Å²) in [5.74, 6) is 0.0493. The summed E-state index contributed by atoms with van der Waals surface area (Å²) >= 11 is 0. The van der Waals surface area contributed by atoms with Crippen LogP contribution in [0.1, 0.15) is 75.6 Å². The van der Waals surface area contributed by atoms with Crippen molar-refractivity contribution in [2.24, 2.45) is 0 Å². The molecule has 0 saturated carbocycles. The maximum atomic E-state index is 12.3. The average Bonchev–Trinajstić information content (AvgIpc) is 3.11. The van der Waals surface area contributed by atoms with Gasteiger partial charge in [0, 0.05) is 31.1 Å². The first-order valence-corrected chi connectivity index (χ1v) is 13.4. The van der Waals surface area contributed by atoms with Crippen molar-refractivity contribution >= 4 is 24.5 Å². The molecule has 1 heterocycles. The highest BCUT2D eigenvalue weighted by Gasteiger charge is 2.51. The zero-order valence-corrected chi connectivity index (χ0v) is 24.3. The molecule has 9 heteroatoms. The molecule has 0 atom stereocenters. The van der Waals surface area contributed by atoms with Crippen LogP contribution < -0.4 is 10.2 Å². The van der Waals surface area contributed by atoms with Gasteiger partial charge in [-0.3, -0.25) is 9.59 Å². The molecule has 2 aromatic rings. The minimum Gasteiger partial charge on any atom is -0.488 e. The van der Waals surface area contributed by atoms with Gasteiger partial charge in [-0.1, -0.05) is 35.9 Å². The van der Waals surface area contributed by atoms with Crippen LogP contribution in [0.3, 0.4) is 0 Å². The van der Waals surface area contributed by atoms with Crippen molar-refractivity contribution in [3.63, 3.8) is 0 Å². The number of carbonyl (C=O) groups excluding carboxylic acids is 2. The zero-order valence-electron chi connectivity index (χ0n) is 24.3. The molecule has 0 radical (unpaired) electrons. The molecule has 0 aromatic heterocycles. The highest BCUT2D eigenvalue weighted by Crippen LogP contribution is 2.36. The van der Waals surface area contributed by atoms with Crippen molar-refractivity contribution in [2.75, 3.05) is 14.2 Å². The number of unbranched alkanes of at least 4 members (excludes halogenated alkanes) is 1. The zero-order chi connectivity index (χ0) is 28.6. The standard InChI is InChI=1S/C30H41BO8/c1-21-16-23(19-34-6)28(24(17-21)20-36-27(33)11-9-8-10-26(32)35-7)37-18-22-12-14-25(15-13-22)31-38-29(2,3)30(4,5)39-31/h12-17H,8-11,18-20H2,1-7H3. The Labute approximate surface area is 232 Å². The number of rotatable bonds is 13. The highest BCUT2D eigenvalue weighted by atomic mass is 16.7. The third kappa shape index (κ3) is 8.30. The Morgan fingerprint density at radius 2 is 1.38 bits per heavy atom. The Balaban J connectivity index is 1.64. The summed E-state index contributed by atoms with van der Waals surface area (Å²) < 4.78 is 34.2. The van der Waals surface area contributed by atoms with Crippen molar-refractivity contribution < 1.29 is 37.8 Å². The number of benzene rings is 2. The van der Waals surface area contributed by atoms with Gasteiger partial charge in [-0.05, 0) is 64.6 Å². The number of methoxy groups -OCH3 is 2. The topological polar surface area (TPSA) is 89.5 Å². The number of carbonyl (C=O) groups is 2. The number of ether oxygens (including phenoxy) is 4. The fraction of sp³-hybridized carbons (Fsp3) is 0.533. The molecule has 3 rings (SSSR count). The second-order valence-electron chi connectivity index (χ2n) is 10.9. The van der Waals surface area contributed by atoms with Crippen LogP contribution in [0.4, 0.5) is 0 Å². The molecule has 1 aliphatic rings. The number of hydrogen-bond donors (Lipinski definition) is 0. The van der Waals surface area contributed by atoms with E-state index in [9.17, 15) is 9.59 Å². The lowest BCUT2D eigenvalue weighted by Crippen LogP contribution is -2.41. The molecule has 39 heavy (non-hydrogen) atoms. The number of esters is 2. The first-order valence-electron chi connectivity index (χ1n) is 13.4. The van der Waals surface area contributed by atoms with Crippen LogP contribution in [0.2, 0.25) is 0 Å². The molecule has 8 nitrogen and oxygen atoms in total. The van der Waals surface area contributed by atoms with Gasteiger partial charge < -0.3 is 28.3 Å². The van der Waals surface area contributed by atoms with Crippen LogP contribution in [0.25, 0.3) is 0 Å². The SMILES string of the molecule is COCc1cc(C)cc(COC(=O)CCCCC(=O)OC)c1OCc1ccc(B2OC(C)(C)C(C)(C)O2)cc1. The molecule has 0 aliphatic carbocycles. The van der Waals surface area contributed by atoms with Gasteiger partial charge in [0.05, 0.1) is 24.9 Å². The Kier molecular flexibility index (Phi) is 10.6. The van der Waals surface area contributed by atoms with E-state index in [1.54, 1.807) is 7.11 Å². The van der Waals surface area contributed by atoms with E-state index in [2.05, 4.69) is 4.74 Å². The summed E-state index contributed by atoms with van der Waals surface area (Å²) in [7, 11) is 2.57. The minimum absolute atomic E-state index is 0.0877. The van der Waals surface area contributed by atoms with E-state index in [-0.39, 0.29) is 31.4 Å². The molecule has 0 spiro atoms. The van der Waals surface area contributed by atoms with E-state index in [0.717, 1.165) is 27.7 Å². The number of aryl methyl sites for hydroxylation is 1. The molecule has 0 N–H and O–H groups in total. The second kappa shape index (κ2) is 13.5. The van der Waals surface area contributed by atoms with E-state index in [4.69, 9.17) is 23.5 Å². The summed E-state index contributed by atoms with van der Waals surface area (Å²) in [6.07, 6.45) is 1.66. The van der Waals surface area contributed by atoms with Gasteiger partial charge in [0.15, 0.2) is 0 Å². The molecule has 1 aliphatic heterocycles. The lowest BCUT2D eigenvalue weighted by Gasteiger charge is -2.32. The quantitative estimate of drug-likeness (QED) is 0.204. The van der Waals surface area contributed by atoms with Crippen molar-refractivity contribution in [1.29, 1.82) is 0 Å². The molecule has 0 amide bonds.